The highest BCUT2D eigenvalue weighted by molar-refractivity contribution is 6.71. The molecule has 1 unspecified atom stereocenters. The normalized spacial score (nSPS) is 14.1. The minimum absolute atomic E-state index is 0.659. The van der Waals surface area contributed by atoms with E-state index < -0.39 is 8.32 Å². The van der Waals surface area contributed by atoms with Crippen molar-refractivity contribution in [3.05, 3.63) is 0 Å². The van der Waals surface area contributed by atoms with Crippen LogP contribution in [-0.2, 0) is 4.43 Å². The Morgan fingerprint density at radius 2 is 1.88 bits per heavy atom. The van der Waals surface area contributed by atoms with E-state index in [1.807, 2.05) is 0 Å². The lowest BCUT2D eigenvalue weighted by Gasteiger charge is -2.22. The molecule has 0 spiro atoms. The molecule has 0 aromatic carbocycles. The summed E-state index contributed by atoms with van der Waals surface area (Å²) in [6, 6.07) is 1.31. The zero-order valence-corrected chi connectivity index (χ0v) is 13.3. The van der Waals surface area contributed by atoms with Crippen LogP contribution < -0.4 is 0 Å². The molecule has 0 aromatic rings. The molecule has 0 N–H and O–H groups in total. The van der Waals surface area contributed by atoms with Crippen molar-refractivity contribution in [2.24, 2.45) is 5.92 Å². The van der Waals surface area contributed by atoms with Crippen LogP contribution in [0.5, 0.6) is 0 Å². The standard InChI is InChI=1S/C13H29ClOSi/c1-5-6-11-16(3,4)15-10-8-7-9-13(2)12-14/h13H,5-12H2,1-4H3. The summed E-state index contributed by atoms with van der Waals surface area (Å²) in [6.45, 7) is 10.1. The van der Waals surface area contributed by atoms with Crippen molar-refractivity contribution in [3.8, 4) is 0 Å². The summed E-state index contributed by atoms with van der Waals surface area (Å²) in [5.74, 6) is 1.45. The van der Waals surface area contributed by atoms with Crippen LogP contribution in [0.3, 0.4) is 0 Å². The lowest BCUT2D eigenvalue weighted by Crippen LogP contribution is -2.30. The van der Waals surface area contributed by atoms with E-state index in [2.05, 4.69) is 26.9 Å². The predicted octanol–water partition coefficient (Wildman–Crippen LogP) is 5.05. The summed E-state index contributed by atoms with van der Waals surface area (Å²) in [5, 5.41) is 0. The van der Waals surface area contributed by atoms with Crippen molar-refractivity contribution in [3.63, 3.8) is 0 Å². The first-order valence-corrected chi connectivity index (χ1v) is 10.4. The zero-order valence-electron chi connectivity index (χ0n) is 11.5. The Bertz CT molecular complexity index is 162. The first-order valence-electron chi connectivity index (χ1n) is 6.71. The maximum atomic E-state index is 6.05. The van der Waals surface area contributed by atoms with E-state index in [1.165, 1.54) is 38.1 Å². The van der Waals surface area contributed by atoms with Gasteiger partial charge in [0.25, 0.3) is 0 Å². The zero-order chi connectivity index (χ0) is 12.4. The molecule has 0 amide bonds. The summed E-state index contributed by atoms with van der Waals surface area (Å²) in [7, 11) is -1.34. The van der Waals surface area contributed by atoms with Gasteiger partial charge in [0, 0.05) is 12.5 Å². The minimum Gasteiger partial charge on any atom is -0.417 e. The van der Waals surface area contributed by atoms with Crippen molar-refractivity contribution in [1.29, 1.82) is 0 Å². The van der Waals surface area contributed by atoms with Gasteiger partial charge < -0.3 is 4.43 Å². The lowest BCUT2D eigenvalue weighted by atomic mass is 10.1. The Hall–Kier alpha value is 0.467. The summed E-state index contributed by atoms with van der Waals surface area (Å²) in [6.07, 6.45) is 6.30. The van der Waals surface area contributed by atoms with Gasteiger partial charge in [0.2, 0.25) is 0 Å². The van der Waals surface area contributed by atoms with Crippen molar-refractivity contribution < 1.29 is 4.43 Å². The van der Waals surface area contributed by atoms with Crippen molar-refractivity contribution in [1.82, 2.24) is 0 Å². The Morgan fingerprint density at radius 3 is 2.44 bits per heavy atom. The van der Waals surface area contributed by atoms with E-state index in [9.17, 15) is 0 Å². The van der Waals surface area contributed by atoms with Crippen LogP contribution in [0.2, 0.25) is 19.1 Å². The predicted molar refractivity (Wildman–Crippen MR) is 76.9 cm³/mol. The van der Waals surface area contributed by atoms with Crippen molar-refractivity contribution >= 4 is 19.9 Å². The molecule has 1 atom stereocenters. The number of alkyl halides is 1. The molecule has 0 heterocycles. The molecular weight excluding hydrogens is 236 g/mol. The highest BCUT2D eigenvalue weighted by Crippen LogP contribution is 2.16. The summed E-state index contributed by atoms with van der Waals surface area (Å²) in [4.78, 5) is 0. The van der Waals surface area contributed by atoms with Gasteiger partial charge in [-0.05, 0) is 37.9 Å². The molecule has 3 heteroatoms. The number of unbranched alkanes of at least 4 members (excludes halogenated alkanes) is 2. The quantitative estimate of drug-likeness (QED) is 0.305. The molecule has 0 aliphatic rings. The average molecular weight is 265 g/mol. The highest BCUT2D eigenvalue weighted by Gasteiger charge is 2.20. The van der Waals surface area contributed by atoms with E-state index in [-0.39, 0.29) is 0 Å². The highest BCUT2D eigenvalue weighted by atomic mass is 35.5. The van der Waals surface area contributed by atoms with Crippen molar-refractivity contribution in [2.75, 3.05) is 12.5 Å². The van der Waals surface area contributed by atoms with Gasteiger partial charge in [-0.15, -0.1) is 11.6 Å². The van der Waals surface area contributed by atoms with Gasteiger partial charge in [0.05, 0.1) is 0 Å². The maximum Gasteiger partial charge on any atom is 0.186 e. The molecule has 0 radical (unpaired) electrons. The van der Waals surface area contributed by atoms with E-state index >= 15 is 0 Å². The topological polar surface area (TPSA) is 9.23 Å². The van der Waals surface area contributed by atoms with Crippen LogP contribution in [0, 0.1) is 5.92 Å². The van der Waals surface area contributed by atoms with E-state index in [0.29, 0.717) is 5.92 Å². The molecule has 0 fully saturated rings. The van der Waals surface area contributed by atoms with Crippen LogP contribution in [0.4, 0.5) is 0 Å². The lowest BCUT2D eigenvalue weighted by molar-refractivity contribution is 0.290. The Morgan fingerprint density at radius 1 is 1.19 bits per heavy atom. The molecule has 0 aromatic heterocycles. The largest absolute Gasteiger partial charge is 0.417 e. The van der Waals surface area contributed by atoms with E-state index in [0.717, 1.165) is 12.5 Å². The summed E-state index contributed by atoms with van der Waals surface area (Å²) >= 11 is 5.77. The molecule has 16 heavy (non-hydrogen) atoms. The van der Waals surface area contributed by atoms with Gasteiger partial charge in [0.1, 0.15) is 0 Å². The minimum atomic E-state index is -1.34. The van der Waals surface area contributed by atoms with Gasteiger partial charge in [-0.2, -0.15) is 0 Å². The van der Waals surface area contributed by atoms with Crippen molar-refractivity contribution in [2.45, 2.75) is 65.1 Å². The number of halogens is 1. The van der Waals surface area contributed by atoms with Gasteiger partial charge in [-0.25, -0.2) is 0 Å². The summed E-state index contributed by atoms with van der Waals surface area (Å²) < 4.78 is 6.05. The monoisotopic (exact) mass is 264 g/mol. The molecule has 1 nitrogen and oxygen atoms in total. The molecule has 0 bridgehead atoms. The summed E-state index contributed by atoms with van der Waals surface area (Å²) in [5.41, 5.74) is 0. The maximum absolute atomic E-state index is 6.05. The van der Waals surface area contributed by atoms with Gasteiger partial charge >= 0.3 is 0 Å². The van der Waals surface area contributed by atoms with Gasteiger partial charge in [-0.3, -0.25) is 0 Å². The third kappa shape index (κ3) is 9.68. The Kier molecular flexibility index (Phi) is 9.77. The first-order chi connectivity index (χ1) is 7.52. The van der Waals surface area contributed by atoms with Gasteiger partial charge in [-0.1, -0.05) is 33.1 Å². The number of hydrogen-bond donors (Lipinski definition) is 0. The third-order valence-electron chi connectivity index (χ3n) is 2.98. The van der Waals surface area contributed by atoms with Crippen LogP contribution in [-0.4, -0.2) is 20.8 Å². The van der Waals surface area contributed by atoms with Crippen LogP contribution >= 0.6 is 11.6 Å². The average Bonchev–Trinajstić information content (AvgIpc) is 2.25. The molecule has 0 saturated heterocycles. The van der Waals surface area contributed by atoms with Gasteiger partial charge in [0.15, 0.2) is 8.32 Å². The fourth-order valence-corrected chi connectivity index (χ4v) is 3.90. The van der Waals surface area contributed by atoms with Crippen LogP contribution in [0.25, 0.3) is 0 Å². The molecule has 98 valence electrons. The molecular formula is C13H29ClOSi. The van der Waals surface area contributed by atoms with Crippen LogP contribution in [0.15, 0.2) is 0 Å². The number of rotatable bonds is 10. The number of hydrogen-bond acceptors (Lipinski definition) is 1. The van der Waals surface area contributed by atoms with E-state index in [4.69, 9.17) is 16.0 Å². The van der Waals surface area contributed by atoms with E-state index in [1.54, 1.807) is 0 Å². The second-order valence-corrected chi connectivity index (χ2v) is 10.1. The Balaban J connectivity index is 3.42. The molecule has 0 aliphatic heterocycles. The fourth-order valence-electron chi connectivity index (χ4n) is 1.70. The molecule has 0 saturated carbocycles. The molecule has 0 aliphatic carbocycles. The first kappa shape index (κ1) is 16.5. The fraction of sp³-hybridized carbons (Fsp3) is 1.00. The molecule has 0 rings (SSSR count). The SMILES string of the molecule is CCCC[Si](C)(C)OCCCCC(C)CCl. The van der Waals surface area contributed by atoms with Crippen LogP contribution in [0.1, 0.15) is 46.0 Å². The second-order valence-electron chi connectivity index (χ2n) is 5.47. The second kappa shape index (κ2) is 9.49. The third-order valence-corrected chi connectivity index (χ3v) is 6.05. The smallest absolute Gasteiger partial charge is 0.186 e. The Labute approximate surface area is 108 Å².